The predicted molar refractivity (Wildman–Crippen MR) is 52.6 cm³/mol. The lowest BCUT2D eigenvalue weighted by atomic mass is 9.94. The van der Waals surface area contributed by atoms with Crippen molar-refractivity contribution in [3.05, 3.63) is 24.3 Å². The molecule has 0 amide bonds. The van der Waals surface area contributed by atoms with Crippen LogP contribution in [0.15, 0.2) is 24.3 Å². The van der Waals surface area contributed by atoms with Gasteiger partial charge in [-0.25, -0.2) is 0 Å². The summed E-state index contributed by atoms with van der Waals surface area (Å²) in [5.74, 6) is 1.56. The molecule has 11 heavy (non-hydrogen) atoms. The average molecular weight is 152 g/mol. The number of hydrogen-bond acceptors (Lipinski definition) is 0. The molecule has 0 aromatic heterocycles. The van der Waals surface area contributed by atoms with Gasteiger partial charge in [-0.05, 0) is 25.2 Å². The van der Waals surface area contributed by atoms with Crippen molar-refractivity contribution < 1.29 is 0 Å². The van der Waals surface area contributed by atoms with Gasteiger partial charge < -0.3 is 0 Å². The number of rotatable bonds is 4. The van der Waals surface area contributed by atoms with E-state index in [1.165, 1.54) is 12.0 Å². The lowest BCUT2D eigenvalue weighted by Gasteiger charge is -2.12. The van der Waals surface area contributed by atoms with E-state index in [1.54, 1.807) is 0 Å². The van der Waals surface area contributed by atoms with Crippen LogP contribution in [0.1, 0.15) is 34.1 Å². The summed E-state index contributed by atoms with van der Waals surface area (Å²) in [6.07, 6.45) is 5.35. The summed E-state index contributed by atoms with van der Waals surface area (Å²) < 4.78 is 0. The van der Waals surface area contributed by atoms with Crippen LogP contribution in [0.5, 0.6) is 0 Å². The fourth-order valence-electron chi connectivity index (χ4n) is 0.727. The Morgan fingerprint density at radius 2 is 1.91 bits per heavy atom. The monoisotopic (exact) mass is 152 g/mol. The highest BCUT2D eigenvalue weighted by atomic mass is 14.1. The molecule has 0 bridgehead atoms. The van der Waals surface area contributed by atoms with Gasteiger partial charge in [-0.15, -0.1) is 0 Å². The third-order valence-electron chi connectivity index (χ3n) is 2.27. The zero-order valence-electron chi connectivity index (χ0n) is 8.22. The van der Waals surface area contributed by atoms with Crippen molar-refractivity contribution in [2.75, 3.05) is 0 Å². The van der Waals surface area contributed by atoms with Gasteiger partial charge >= 0.3 is 0 Å². The van der Waals surface area contributed by atoms with E-state index in [0.717, 1.165) is 11.8 Å². The highest BCUT2D eigenvalue weighted by Gasteiger charge is 2.03. The Morgan fingerprint density at radius 3 is 2.27 bits per heavy atom. The number of allylic oxidation sites excluding steroid dienone is 3. The van der Waals surface area contributed by atoms with Crippen molar-refractivity contribution in [3.8, 4) is 0 Å². The molecule has 0 aliphatic heterocycles. The molecule has 0 nitrogen and oxygen atoms in total. The molecule has 0 rings (SSSR count). The highest BCUT2D eigenvalue weighted by molar-refractivity contribution is 5.12. The molecule has 0 aromatic rings. The van der Waals surface area contributed by atoms with Crippen molar-refractivity contribution >= 4 is 0 Å². The first kappa shape index (κ1) is 10.5. The maximum Gasteiger partial charge on any atom is -0.0317 e. The molecule has 0 aliphatic carbocycles. The van der Waals surface area contributed by atoms with Gasteiger partial charge in [-0.1, -0.05) is 45.1 Å². The first-order chi connectivity index (χ1) is 5.07. The van der Waals surface area contributed by atoms with Gasteiger partial charge in [0.05, 0.1) is 0 Å². The summed E-state index contributed by atoms with van der Waals surface area (Å²) in [5, 5.41) is 0. The minimum absolute atomic E-state index is 0.781. The molecule has 0 heterocycles. The van der Waals surface area contributed by atoms with Crippen molar-refractivity contribution in [3.63, 3.8) is 0 Å². The zero-order chi connectivity index (χ0) is 8.85. The van der Waals surface area contributed by atoms with Crippen LogP contribution in [0.25, 0.3) is 0 Å². The SMILES string of the molecule is C=CC(C)=CCC(C)C(C)C. The standard InChI is InChI=1S/C11H20/c1-6-10(4)7-8-11(5)9(2)3/h6-7,9,11H,1,8H2,2-5H3. The van der Waals surface area contributed by atoms with Crippen molar-refractivity contribution in [1.29, 1.82) is 0 Å². The Bertz CT molecular complexity index is 140. The molecule has 0 saturated carbocycles. The smallest absolute Gasteiger partial charge is 0.0317 e. The molecule has 0 radical (unpaired) electrons. The average Bonchev–Trinajstić information content (AvgIpc) is 1.99. The Morgan fingerprint density at radius 1 is 1.36 bits per heavy atom. The Balaban J connectivity index is 3.77. The molecular weight excluding hydrogens is 132 g/mol. The maximum atomic E-state index is 3.72. The van der Waals surface area contributed by atoms with E-state index in [9.17, 15) is 0 Å². The van der Waals surface area contributed by atoms with Gasteiger partial charge in [0.1, 0.15) is 0 Å². The predicted octanol–water partition coefficient (Wildman–Crippen LogP) is 3.80. The molecule has 0 heteroatoms. The van der Waals surface area contributed by atoms with Crippen LogP contribution in [0.2, 0.25) is 0 Å². The van der Waals surface area contributed by atoms with E-state index in [1.807, 2.05) is 6.08 Å². The third-order valence-corrected chi connectivity index (χ3v) is 2.27. The molecule has 0 N–H and O–H groups in total. The minimum Gasteiger partial charge on any atom is -0.0988 e. The first-order valence-electron chi connectivity index (χ1n) is 4.37. The van der Waals surface area contributed by atoms with Crippen LogP contribution >= 0.6 is 0 Å². The summed E-state index contributed by atoms with van der Waals surface area (Å²) in [4.78, 5) is 0. The molecule has 1 unspecified atom stereocenters. The van der Waals surface area contributed by atoms with Gasteiger partial charge in [0.15, 0.2) is 0 Å². The topological polar surface area (TPSA) is 0 Å². The summed E-state index contributed by atoms with van der Waals surface area (Å²) in [6, 6.07) is 0. The summed E-state index contributed by atoms with van der Waals surface area (Å²) in [6.45, 7) is 12.6. The molecule has 1 atom stereocenters. The maximum absolute atomic E-state index is 3.72. The fourth-order valence-corrected chi connectivity index (χ4v) is 0.727. The van der Waals surface area contributed by atoms with Crippen LogP contribution in [0, 0.1) is 11.8 Å². The largest absolute Gasteiger partial charge is 0.0988 e. The Hall–Kier alpha value is -0.520. The number of hydrogen-bond donors (Lipinski definition) is 0. The van der Waals surface area contributed by atoms with E-state index < -0.39 is 0 Å². The summed E-state index contributed by atoms with van der Waals surface area (Å²) in [7, 11) is 0. The lowest BCUT2D eigenvalue weighted by molar-refractivity contribution is 0.423. The first-order valence-corrected chi connectivity index (χ1v) is 4.37. The van der Waals surface area contributed by atoms with Gasteiger partial charge in [-0.3, -0.25) is 0 Å². The zero-order valence-corrected chi connectivity index (χ0v) is 8.22. The molecule has 0 aromatic carbocycles. The van der Waals surface area contributed by atoms with Crippen LogP contribution in [-0.2, 0) is 0 Å². The molecule has 64 valence electrons. The van der Waals surface area contributed by atoms with Crippen molar-refractivity contribution in [1.82, 2.24) is 0 Å². The van der Waals surface area contributed by atoms with Crippen LogP contribution in [-0.4, -0.2) is 0 Å². The van der Waals surface area contributed by atoms with Crippen LogP contribution in [0.3, 0.4) is 0 Å². The summed E-state index contributed by atoms with van der Waals surface area (Å²) in [5.41, 5.74) is 1.29. The molecule has 0 fully saturated rings. The fraction of sp³-hybridized carbons (Fsp3) is 0.636. The van der Waals surface area contributed by atoms with Crippen molar-refractivity contribution in [2.24, 2.45) is 11.8 Å². The van der Waals surface area contributed by atoms with E-state index in [0.29, 0.717) is 0 Å². The van der Waals surface area contributed by atoms with Gasteiger partial charge in [0, 0.05) is 0 Å². The van der Waals surface area contributed by atoms with Crippen LogP contribution < -0.4 is 0 Å². The Kier molecular flexibility index (Phi) is 4.93. The lowest BCUT2D eigenvalue weighted by Crippen LogP contribution is -2.01. The second kappa shape index (κ2) is 5.17. The molecular formula is C11H20. The van der Waals surface area contributed by atoms with Gasteiger partial charge in [0.2, 0.25) is 0 Å². The van der Waals surface area contributed by atoms with E-state index in [4.69, 9.17) is 0 Å². The quantitative estimate of drug-likeness (QED) is 0.537. The summed E-state index contributed by atoms with van der Waals surface area (Å²) >= 11 is 0. The van der Waals surface area contributed by atoms with Gasteiger partial charge in [-0.2, -0.15) is 0 Å². The second-order valence-electron chi connectivity index (χ2n) is 3.61. The molecule has 0 saturated heterocycles. The molecule has 0 aliphatic rings. The van der Waals surface area contributed by atoms with E-state index in [2.05, 4.69) is 40.3 Å². The van der Waals surface area contributed by atoms with Crippen LogP contribution in [0.4, 0.5) is 0 Å². The minimum atomic E-state index is 0.781. The van der Waals surface area contributed by atoms with Gasteiger partial charge in [0.25, 0.3) is 0 Å². The highest BCUT2D eigenvalue weighted by Crippen LogP contribution is 2.15. The normalized spacial score (nSPS) is 15.2. The second-order valence-corrected chi connectivity index (χ2v) is 3.61. The third kappa shape index (κ3) is 4.83. The molecule has 0 spiro atoms. The Labute approximate surface area is 71.0 Å². The van der Waals surface area contributed by atoms with E-state index in [-0.39, 0.29) is 0 Å². The van der Waals surface area contributed by atoms with Crippen molar-refractivity contribution in [2.45, 2.75) is 34.1 Å². The van der Waals surface area contributed by atoms with E-state index >= 15 is 0 Å².